The smallest absolute Gasteiger partial charge is 0.227 e. The molecule has 0 aromatic heterocycles. The molecule has 2 aromatic rings. The Balaban J connectivity index is 1.47. The number of nitrogens with zero attached hydrogens (tertiary/aromatic N) is 1. The number of carbonyl (C=O) groups excluding carboxylic acids is 1. The molecule has 0 bridgehead atoms. The van der Waals surface area contributed by atoms with Crippen LogP contribution in [0.4, 0.5) is 5.69 Å². The van der Waals surface area contributed by atoms with Crippen molar-refractivity contribution in [2.45, 2.75) is 39.3 Å². The van der Waals surface area contributed by atoms with E-state index < -0.39 is 0 Å². The predicted octanol–water partition coefficient (Wildman–Crippen LogP) is 4.33. The van der Waals surface area contributed by atoms with Crippen LogP contribution in [-0.4, -0.2) is 37.1 Å². The van der Waals surface area contributed by atoms with Crippen LogP contribution >= 0.6 is 0 Å². The Labute approximate surface area is 167 Å². The first-order valence-electron chi connectivity index (χ1n) is 9.96. The van der Waals surface area contributed by atoms with Gasteiger partial charge in [0.15, 0.2) is 0 Å². The van der Waals surface area contributed by atoms with Crippen LogP contribution in [0.25, 0.3) is 0 Å². The summed E-state index contributed by atoms with van der Waals surface area (Å²) in [7, 11) is 1.69. The zero-order valence-electron chi connectivity index (χ0n) is 17.0. The van der Waals surface area contributed by atoms with Crippen LogP contribution in [0.5, 0.6) is 11.5 Å². The third-order valence-corrected chi connectivity index (χ3v) is 4.99. The normalized spacial score (nSPS) is 15.4. The minimum atomic E-state index is 0.0631. The average Bonchev–Trinajstić information content (AvgIpc) is 2.70. The molecule has 3 rings (SSSR count). The molecule has 1 fully saturated rings. The van der Waals surface area contributed by atoms with Crippen molar-refractivity contribution >= 4 is 11.6 Å². The van der Waals surface area contributed by atoms with Crippen LogP contribution in [-0.2, 0) is 11.3 Å². The zero-order valence-corrected chi connectivity index (χ0v) is 17.0. The maximum atomic E-state index is 12.6. The number of benzene rings is 2. The van der Waals surface area contributed by atoms with Gasteiger partial charge in [-0.2, -0.15) is 0 Å². The van der Waals surface area contributed by atoms with Crippen molar-refractivity contribution in [3.8, 4) is 11.5 Å². The van der Waals surface area contributed by atoms with E-state index in [1.54, 1.807) is 7.11 Å². The van der Waals surface area contributed by atoms with E-state index in [1.165, 1.54) is 5.56 Å². The maximum absolute atomic E-state index is 12.6. The molecule has 5 nitrogen and oxygen atoms in total. The number of hydrogen-bond donors (Lipinski definition) is 1. The number of ether oxygens (including phenoxy) is 2. The monoisotopic (exact) mass is 382 g/mol. The van der Waals surface area contributed by atoms with Crippen LogP contribution in [0.1, 0.15) is 32.3 Å². The molecular formula is C23H30N2O3. The lowest BCUT2D eigenvalue weighted by atomic mass is 9.95. The Bertz CT molecular complexity index is 766. The van der Waals surface area contributed by atoms with Gasteiger partial charge in [-0.1, -0.05) is 12.1 Å². The quantitative estimate of drug-likeness (QED) is 0.774. The van der Waals surface area contributed by atoms with Gasteiger partial charge in [-0.25, -0.2) is 0 Å². The first-order valence-corrected chi connectivity index (χ1v) is 9.96. The fourth-order valence-corrected chi connectivity index (χ4v) is 3.52. The lowest BCUT2D eigenvalue weighted by molar-refractivity contribution is -0.121. The van der Waals surface area contributed by atoms with Crippen LogP contribution < -0.4 is 14.8 Å². The Morgan fingerprint density at radius 2 is 1.82 bits per heavy atom. The highest BCUT2D eigenvalue weighted by Crippen LogP contribution is 2.23. The number of amides is 1. The number of piperidine rings is 1. The van der Waals surface area contributed by atoms with E-state index in [-0.39, 0.29) is 17.9 Å². The molecule has 0 saturated carbocycles. The Hall–Kier alpha value is -2.53. The summed E-state index contributed by atoms with van der Waals surface area (Å²) in [5, 5.41) is 3.04. The fourth-order valence-electron chi connectivity index (χ4n) is 3.52. The highest BCUT2D eigenvalue weighted by atomic mass is 16.5. The molecule has 0 unspecified atom stereocenters. The lowest BCUT2D eigenvalue weighted by Gasteiger charge is -2.31. The number of methoxy groups -OCH3 is 1. The topological polar surface area (TPSA) is 50.8 Å². The second-order valence-corrected chi connectivity index (χ2v) is 7.58. The van der Waals surface area contributed by atoms with Gasteiger partial charge in [-0.15, -0.1) is 0 Å². The molecule has 0 atom stereocenters. The van der Waals surface area contributed by atoms with Gasteiger partial charge in [0.05, 0.1) is 13.2 Å². The molecule has 1 aliphatic heterocycles. The van der Waals surface area contributed by atoms with Crippen molar-refractivity contribution in [2.75, 3.05) is 25.5 Å². The number of carbonyl (C=O) groups is 1. The SMILES string of the molecule is COc1cccc(CN2CCC(C(=O)Nc3ccc(OC(C)C)cc3)CC2)c1. The minimum absolute atomic E-state index is 0.0631. The van der Waals surface area contributed by atoms with Crippen molar-refractivity contribution in [3.05, 3.63) is 54.1 Å². The van der Waals surface area contributed by atoms with Gasteiger partial charge in [0.25, 0.3) is 0 Å². The van der Waals surface area contributed by atoms with E-state index in [0.29, 0.717) is 0 Å². The Morgan fingerprint density at radius 1 is 1.11 bits per heavy atom. The largest absolute Gasteiger partial charge is 0.497 e. The second-order valence-electron chi connectivity index (χ2n) is 7.58. The molecule has 5 heteroatoms. The number of nitrogens with one attached hydrogen (secondary N) is 1. The summed E-state index contributed by atoms with van der Waals surface area (Å²) in [6.45, 7) is 6.74. The Morgan fingerprint density at radius 3 is 2.46 bits per heavy atom. The summed E-state index contributed by atoms with van der Waals surface area (Å²) >= 11 is 0. The fraction of sp³-hybridized carbons (Fsp3) is 0.435. The Kier molecular flexibility index (Phi) is 6.93. The first kappa shape index (κ1) is 20.2. The third-order valence-electron chi connectivity index (χ3n) is 4.99. The molecule has 1 saturated heterocycles. The molecule has 28 heavy (non-hydrogen) atoms. The molecule has 1 amide bonds. The first-order chi connectivity index (χ1) is 13.5. The third kappa shape index (κ3) is 5.73. The van der Waals surface area contributed by atoms with Gasteiger partial charge in [-0.3, -0.25) is 9.69 Å². The number of likely N-dealkylation sites (tertiary alicyclic amines) is 1. The predicted molar refractivity (Wildman–Crippen MR) is 112 cm³/mol. The summed E-state index contributed by atoms with van der Waals surface area (Å²) in [6.07, 6.45) is 1.90. The van der Waals surface area contributed by atoms with Crippen LogP contribution in [0.2, 0.25) is 0 Å². The molecule has 2 aromatic carbocycles. The summed E-state index contributed by atoms with van der Waals surface area (Å²) in [6, 6.07) is 15.8. The number of rotatable bonds is 7. The zero-order chi connectivity index (χ0) is 19.9. The van der Waals surface area contributed by atoms with E-state index in [1.807, 2.05) is 50.2 Å². The molecule has 0 aliphatic carbocycles. The van der Waals surface area contributed by atoms with E-state index in [2.05, 4.69) is 22.3 Å². The van der Waals surface area contributed by atoms with E-state index in [9.17, 15) is 4.79 Å². The van der Waals surface area contributed by atoms with Crippen LogP contribution in [0.3, 0.4) is 0 Å². The molecule has 150 valence electrons. The summed E-state index contributed by atoms with van der Waals surface area (Å²) < 4.78 is 10.9. The lowest BCUT2D eigenvalue weighted by Crippen LogP contribution is -2.37. The minimum Gasteiger partial charge on any atom is -0.497 e. The summed E-state index contributed by atoms with van der Waals surface area (Å²) in [5.41, 5.74) is 2.06. The second kappa shape index (κ2) is 9.60. The highest BCUT2D eigenvalue weighted by Gasteiger charge is 2.25. The maximum Gasteiger partial charge on any atom is 0.227 e. The van der Waals surface area contributed by atoms with Crippen molar-refractivity contribution in [1.29, 1.82) is 0 Å². The molecule has 1 N–H and O–H groups in total. The van der Waals surface area contributed by atoms with E-state index in [4.69, 9.17) is 9.47 Å². The van der Waals surface area contributed by atoms with Gasteiger partial charge < -0.3 is 14.8 Å². The molecular weight excluding hydrogens is 352 g/mol. The standard InChI is InChI=1S/C23H30N2O3/c1-17(2)28-21-9-7-20(8-10-21)24-23(26)19-11-13-25(14-12-19)16-18-5-4-6-22(15-18)27-3/h4-10,15,17,19H,11-14,16H2,1-3H3,(H,24,26). The van der Waals surface area contributed by atoms with Crippen molar-refractivity contribution < 1.29 is 14.3 Å². The van der Waals surface area contributed by atoms with Crippen molar-refractivity contribution in [2.24, 2.45) is 5.92 Å². The average molecular weight is 383 g/mol. The van der Waals surface area contributed by atoms with E-state index >= 15 is 0 Å². The molecule has 1 aliphatic rings. The number of hydrogen-bond acceptors (Lipinski definition) is 4. The van der Waals surface area contributed by atoms with Crippen LogP contribution in [0.15, 0.2) is 48.5 Å². The van der Waals surface area contributed by atoms with Crippen molar-refractivity contribution in [3.63, 3.8) is 0 Å². The summed E-state index contributed by atoms with van der Waals surface area (Å²) in [5.74, 6) is 1.88. The molecule has 0 radical (unpaired) electrons. The van der Waals surface area contributed by atoms with Crippen LogP contribution in [0, 0.1) is 5.92 Å². The number of anilines is 1. The van der Waals surface area contributed by atoms with Gasteiger partial charge in [0.1, 0.15) is 11.5 Å². The highest BCUT2D eigenvalue weighted by molar-refractivity contribution is 5.92. The van der Waals surface area contributed by atoms with Gasteiger partial charge in [0, 0.05) is 18.2 Å². The van der Waals surface area contributed by atoms with Gasteiger partial charge >= 0.3 is 0 Å². The molecule has 0 spiro atoms. The molecule has 1 heterocycles. The van der Waals surface area contributed by atoms with E-state index in [0.717, 1.165) is 49.7 Å². The van der Waals surface area contributed by atoms with Gasteiger partial charge in [-0.05, 0) is 81.7 Å². The van der Waals surface area contributed by atoms with Gasteiger partial charge in [0.2, 0.25) is 5.91 Å². The summed E-state index contributed by atoms with van der Waals surface area (Å²) in [4.78, 5) is 15.0. The van der Waals surface area contributed by atoms with Crippen molar-refractivity contribution in [1.82, 2.24) is 4.90 Å².